The van der Waals surface area contributed by atoms with E-state index in [1.54, 1.807) is 13.0 Å². The second-order valence-corrected chi connectivity index (χ2v) is 5.06. The number of hydrogen-bond acceptors (Lipinski definition) is 3. The zero-order chi connectivity index (χ0) is 10.7. The summed E-state index contributed by atoms with van der Waals surface area (Å²) in [6.45, 7) is 1.75. The number of ketones is 1. The standard InChI is InChI=1S/C10H11BrO2S/c1-6(11)10(13)9-7(12)4-3-5-8(9)14-2/h3-6,12H,1-2H3. The van der Waals surface area contributed by atoms with Crippen LogP contribution in [-0.4, -0.2) is 22.0 Å². The highest BCUT2D eigenvalue weighted by molar-refractivity contribution is 9.10. The number of rotatable bonds is 3. The molecule has 76 valence electrons. The lowest BCUT2D eigenvalue weighted by Gasteiger charge is -2.09. The average molecular weight is 275 g/mol. The molecule has 0 aliphatic carbocycles. The van der Waals surface area contributed by atoms with Gasteiger partial charge in [0.15, 0.2) is 5.78 Å². The molecule has 0 spiro atoms. The van der Waals surface area contributed by atoms with E-state index < -0.39 is 0 Å². The zero-order valence-corrected chi connectivity index (χ0v) is 10.4. The molecular formula is C10H11BrO2S. The molecular weight excluding hydrogens is 264 g/mol. The quantitative estimate of drug-likeness (QED) is 0.523. The minimum Gasteiger partial charge on any atom is -0.507 e. The van der Waals surface area contributed by atoms with Gasteiger partial charge in [-0.25, -0.2) is 0 Å². The van der Waals surface area contributed by atoms with Crippen molar-refractivity contribution in [2.75, 3.05) is 6.26 Å². The lowest BCUT2D eigenvalue weighted by Crippen LogP contribution is -2.11. The van der Waals surface area contributed by atoms with Gasteiger partial charge < -0.3 is 5.11 Å². The van der Waals surface area contributed by atoms with Crippen molar-refractivity contribution < 1.29 is 9.90 Å². The van der Waals surface area contributed by atoms with Gasteiger partial charge in [-0.3, -0.25) is 4.79 Å². The second-order valence-electron chi connectivity index (χ2n) is 2.83. The highest BCUT2D eigenvalue weighted by Gasteiger charge is 2.19. The summed E-state index contributed by atoms with van der Waals surface area (Å²) in [5.74, 6) is -0.0411. The highest BCUT2D eigenvalue weighted by Crippen LogP contribution is 2.29. The number of alkyl halides is 1. The van der Waals surface area contributed by atoms with Gasteiger partial charge in [0.2, 0.25) is 0 Å². The maximum Gasteiger partial charge on any atom is 0.181 e. The molecule has 14 heavy (non-hydrogen) atoms. The molecule has 1 aromatic carbocycles. The Morgan fingerprint density at radius 3 is 2.71 bits per heavy atom. The summed E-state index contributed by atoms with van der Waals surface area (Å²) >= 11 is 4.66. The molecule has 0 saturated carbocycles. The molecule has 1 N–H and O–H groups in total. The van der Waals surface area contributed by atoms with Crippen LogP contribution in [0, 0.1) is 0 Å². The number of carbonyl (C=O) groups excluding carboxylic acids is 1. The Labute approximate surface area is 95.8 Å². The van der Waals surface area contributed by atoms with E-state index in [1.165, 1.54) is 17.8 Å². The molecule has 0 saturated heterocycles. The summed E-state index contributed by atoms with van der Waals surface area (Å²) in [7, 11) is 0. The highest BCUT2D eigenvalue weighted by atomic mass is 79.9. The predicted octanol–water partition coefficient (Wildman–Crippen LogP) is 3.08. The molecule has 0 aliphatic rings. The van der Waals surface area contributed by atoms with Gasteiger partial charge in [-0.15, -0.1) is 11.8 Å². The minimum absolute atomic E-state index is 0.0492. The molecule has 1 unspecified atom stereocenters. The molecule has 0 fully saturated rings. The van der Waals surface area contributed by atoms with Crippen LogP contribution in [0.3, 0.4) is 0 Å². The third kappa shape index (κ3) is 2.30. The lowest BCUT2D eigenvalue weighted by molar-refractivity contribution is 0.0990. The topological polar surface area (TPSA) is 37.3 Å². The van der Waals surface area contributed by atoms with Crippen molar-refractivity contribution in [1.82, 2.24) is 0 Å². The molecule has 1 rings (SSSR count). The number of aromatic hydroxyl groups is 1. The summed E-state index contributed by atoms with van der Waals surface area (Å²) in [6, 6.07) is 5.09. The Hall–Kier alpha value is -0.480. The SMILES string of the molecule is CSc1cccc(O)c1C(=O)C(C)Br. The first-order valence-corrected chi connectivity index (χ1v) is 6.26. The smallest absolute Gasteiger partial charge is 0.181 e. The van der Waals surface area contributed by atoms with Crippen LogP contribution in [0.1, 0.15) is 17.3 Å². The third-order valence-electron chi connectivity index (χ3n) is 1.83. The monoisotopic (exact) mass is 274 g/mol. The minimum atomic E-state index is -0.276. The number of phenolic OH excluding ortho intramolecular Hbond substituents is 1. The van der Waals surface area contributed by atoms with Crippen molar-refractivity contribution in [2.45, 2.75) is 16.6 Å². The Morgan fingerprint density at radius 1 is 1.57 bits per heavy atom. The van der Waals surface area contributed by atoms with Gasteiger partial charge in [0.05, 0.1) is 10.4 Å². The van der Waals surface area contributed by atoms with Crippen LogP contribution in [0.25, 0.3) is 0 Å². The number of thioether (sulfide) groups is 1. The fourth-order valence-corrected chi connectivity index (χ4v) is 1.99. The summed E-state index contributed by atoms with van der Waals surface area (Å²) in [6.07, 6.45) is 1.88. The lowest BCUT2D eigenvalue weighted by atomic mass is 10.1. The van der Waals surface area contributed by atoms with Gasteiger partial charge in [0.25, 0.3) is 0 Å². The van der Waals surface area contributed by atoms with Gasteiger partial charge in [-0.2, -0.15) is 0 Å². The predicted molar refractivity (Wildman–Crippen MR) is 62.6 cm³/mol. The van der Waals surface area contributed by atoms with Crippen LogP contribution >= 0.6 is 27.7 Å². The van der Waals surface area contributed by atoms with E-state index in [2.05, 4.69) is 15.9 Å². The zero-order valence-electron chi connectivity index (χ0n) is 7.95. The fourth-order valence-electron chi connectivity index (χ4n) is 1.14. The van der Waals surface area contributed by atoms with Crippen LogP contribution in [0.4, 0.5) is 0 Å². The Morgan fingerprint density at radius 2 is 2.21 bits per heavy atom. The molecule has 0 aliphatic heterocycles. The van der Waals surface area contributed by atoms with E-state index in [9.17, 15) is 9.90 Å². The first kappa shape index (κ1) is 11.6. The summed E-state index contributed by atoms with van der Waals surface area (Å²) in [4.78, 5) is 12.3. The van der Waals surface area contributed by atoms with E-state index in [1.807, 2.05) is 12.3 Å². The third-order valence-corrected chi connectivity index (χ3v) is 3.03. The fraction of sp³-hybridized carbons (Fsp3) is 0.300. The van der Waals surface area contributed by atoms with E-state index in [4.69, 9.17) is 0 Å². The average Bonchev–Trinajstić information content (AvgIpc) is 2.16. The van der Waals surface area contributed by atoms with Crippen molar-refractivity contribution in [1.29, 1.82) is 0 Å². The number of phenols is 1. The largest absolute Gasteiger partial charge is 0.507 e. The van der Waals surface area contributed by atoms with Crippen LogP contribution in [-0.2, 0) is 0 Å². The van der Waals surface area contributed by atoms with Gasteiger partial charge in [0, 0.05) is 4.90 Å². The molecule has 0 heterocycles. The molecule has 2 nitrogen and oxygen atoms in total. The molecule has 0 radical (unpaired) electrons. The number of carbonyl (C=O) groups is 1. The normalized spacial score (nSPS) is 12.5. The molecule has 4 heteroatoms. The second kappa shape index (κ2) is 4.84. The number of halogens is 1. The molecule has 1 atom stereocenters. The summed E-state index contributed by atoms with van der Waals surface area (Å²) < 4.78 is 0. The van der Waals surface area contributed by atoms with Crippen molar-refractivity contribution in [3.63, 3.8) is 0 Å². The van der Waals surface area contributed by atoms with E-state index >= 15 is 0 Å². The number of Topliss-reactive ketones (excluding diaryl/α,β-unsaturated/α-hetero) is 1. The van der Waals surface area contributed by atoms with Gasteiger partial charge in [0.1, 0.15) is 5.75 Å². The van der Waals surface area contributed by atoms with E-state index in [0.717, 1.165) is 4.90 Å². The summed E-state index contributed by atoms with van der Waals surface area (Å²) in [5, 5.41) is 9.59. The Balaban J connectivity index is 3.23. The molecule has 0 bridgehead atoms. The molecule has 1 aromatic rings. The van der Waals surface area contributed by atoms with Crippen LogP contribution in [0.2, 0.25) is 0 Å². The Kier molecular flexibility index (Phi) is 4.01. The van der Waals surface area contributed by atoms with Crippen molar-refractivity contribution >= 4 is 33.5 Å². The van der Waals surface area contributed by atoms with Crippen molar-refractivity contribution in [2.24, 2.45) is 0 Å². The maximum atomic E-state index is 11.7. The van der Waals surface area contributed by atoms with Gasteiger partial charge in [-0.05, 0) is 25.3 Å². The first-order chi connectivity index (χ1) is 6.57. The van der Waals surface area contributed by atoms with E-state index in [-0.39, 0.29) is 16.4 Å². The van der Waals surface area contributed by atoms with Crippen LogP contribution in [0.15, 0.2) is 23.1 Å². The van der Waals surface area contributed by atoms with Crippen LogP contribution in [0.5, 0.6) is 5.75 Å². The van der Waals surface area contributed by atoms with Crippen molar-refractivity contribution in [3.8, 4) is 5.75 Å². The van der Waals surface area contributed by atoms with Crippen molar-refractivity contribution in [3.05, 3.63) is 23.8 Å². The number of hydrogen-bond donors (Lipinski definition) is 1. The summed E-state index contributed by atoms with van der Waals surface area (Å²) in [5.41, 5.74) is 0.407. The van der Waals surface area contributed by atoms with Gasteiger partial charge in [-0.1, -0.05) is 22.0 Å². The van der Waals surface area contributed by atoms with E-state index in [0.29, 0.717) is 5.56 Å². The Bertz CT molecular complexity index is 350. The van der Waals surface area contributed by atoms with Gasteiger partial charge >= 0.3 is 0 Å². The molecule has 0 amide bonds. The van der Waals surface area contributed by atoms with Crippen LogP contribution < -0.4 is 0 Å². The molecule has 0 aromatic heterocycles. The number of benzene rings is 1. The maximum absolute atomic E-state index is 11.7. The first-order valence-electron chi connectivity index (χ1n) is 4.12.